The van der Waals surface area contributed by atoms with Crippen molar-refractivity contribution in [1.82, 2.24) is 4.90 Å². The third kappa shape index (κ3) is 5.99. The summed E-state index contributed by atoms with van der Waals surface area (Å²) in [6, 6.07) is 16.3. The molecule has 1 fully saturated rings. The maximum absolute atomic E-state index is 12.5. The Bertz CT molecular complexity index is 782. The first-order valence-electron chi connectivity index (χ1n) is 9.26. The van der Waals surface area contributed by atoms with Crippen LogP contribution in [0.25, 0.3) is 0 Å². The van der Waals surface area contributed by atoms with Crippen molar-refractivity contribution in [2.75, 3.05) is 0 Å². The average molecular weight is 432 g/mol. The molecule has 0 unspecified atom stereocenters. The van der Waals surface area contributed by atoms with Gasteiger partial charge >= 0.3 is 6.09 Å². The molecule has 0 radical (unpaired) electrons. The van der Waals surface area contributed by atoms with E-state index in [9.17, 15) is 4.79 Å². The van der Waals surface area contributed by atoms with Gasteiger partial charge in [0, 0.05) is 10.5 Å². The summed E-state index contributed by atoms with van der Waals surface area (Å²) in [4.78, 5) is 14.4. The van der Waals surface area contributed by atoms with E-state index in [1.807, 2.05) is 74.2 Å². The minimum atomic E-state index is -0.489. The first kappa shape index (κ1) is 19.7. The molecule has 0 atom stereocenters. The molecule has 144 valence electrons. The largest absolute Gasteiger partial charge is 0.489 e. The van der Waals surface area contributed by atoms with Gasteiger partial charge in [-0.15, -0.1) is 0 Å². The van der Waals surface area contributed by atoms with E-state index in [2.05, 4.69) is 15.9 Å². The van der Waals surface area contributed by atoms with Crippen LogP contribution in [0, 0.1) is 0 Å². The van der Waals surface area contributed by atoms with Gasteiger partial charge < -0.3 is 14.4 Å². The van der Waals surface area contributed by atoms with Crippen LogP contribution in [0.3, 0.4) is 0 Å². The minimum Gasteiger partial charge on any atom is -0.489 e. The van der Waals surface area contributed by atoms with Gasteiger partial charge in [0.15, 0.2) is 0 Å². The highest BCUT2D eigenvalue weighted by molar-refractivity contribution is 9.10. The molecule has 4 nitrogen and oxygen atoms in total. The highest BCUT2D eigenvalue weighted by Gasteiger charge is 2.35. The Balaban J connectivity index is 1.64. The normalized spacial score (nSPS) is 13.9. The Labute approximate surface area is 169 Å². The van der Waals surface area contributed by atoms with Crippen LogP contribution >= 0.6 is 15.9 Å². The van der Waals surface area contributed by atoms with Crippen LogP contribution < -0.4 is 4.74 Å². The molecule has 0 aromatic heterocycles. The van der Waals surface area contributed by atoms with Crippen molar-refractivity contribution < 1.29 is 14.3 Å². The molecule has 0 saturated heterocycles. The smallest absolute Gasteiger partial charge is 0.410 e. The highest BCUT2D eigenvalue weighted by atomic mass is 79.9. The van der Waals surface area contributed by atoms with Crippen LogP contribution in [0.1, 0.15) is 44.7 Å². The van der Waals surface area contributed by atoms with Crippen LogP contribution in [-0.4, -0.2) is 22.6 Å². The molecule has 0 heterocycles. The second kappa shape index (κ2) is 8.34. The number of hydrogen-bond acceptors (Lipinski definition) is 3. The van der Waals surface area contributed by atoms with E-state index in [1.54, 1.807) is 0 Å². The molecule has 27 heavy (non-hydrogen) atoms. The van der Waals surface area contributed by atoms with Gasteiger partial charge in [0.05, 0.1) is 6.54 Å². The summed E-state index contributed by atoms with van der Waals surface area (Å²) in [7, 11) is 0. The van der Waals surface area contributed by atoms with E-state index in [4.69, 9.17) is 9.47 Å². The third-order valence-electron chi connectivity index (χ3n) is 4.23. The van der Waals surface area contributed by atoms with E-state index in [1.165, 1.54) is 0 Å². The van der Waals surface area contributed by atoms with Crippen LogP contribution in [0.15, 0.2) is 53.0 Å². The number of amides is 1. The standard InChI is InChI=1S/C22H26BrNO3/c1-22(2,3)27-21(25)24(18-10-11-18)14-17-9-12-19(13-20(17)23)26-15-16-7-5-4-6-8-16/h4-9,12-13,18H,10-11,14-15H2,1-3H3. The van der Waals surface area contributed by atoms with Crippen LogP contribution in [0.2, 0.25) is 0 Å². The molecule has 0 spiro atoms. The maximum Gasteiger partial charge on any atom is 0.410 e. The number of carbonyl (C=O) groups is 1. The number of halogens is 1. The Morgan fingerprint density at radius 1 is 1.15 bits per heavy atom. The third-order valence-corrected chi connectivity index (χ3v) is 4.97. The first-order chi connectivity index (χ1) is 12.8. The van der Waals surface area contributed by atoms with E-state index in [-0.39, 0.29) is 12.1 Å². The number of nitrogens with zero attached hydrogens (tertiary/aromatic N) is 1. The van der Waals surface area contributed by atoms with E-state index in [0.29, 0.717) is 13.2 Å². The lowest BCUT2D eigenvalue weighted by molar-refractivity contribution is 0.0216. The van der Waals surface area contributed by atoms with E-state index in [0.717, 1.165) is 34.2 Å². The zero-order valence-electron chi connectivity index (χ0n) is 16.1. The maximum atomic E-state index is 12.5. The SMILES string of the molecule is CC(C)(C)OC(=O)N(Cc1ccc(OCc2ccccc2)cc1Br)C1CC1. The number of carbonyl (C=O) groups excluding carboxylic acids is 1. The lowest BCUT2D eigenvalue weighted by Gasteiger charge is -2.27. The monoisotopic (exact) mass is 431 g/mol. The van der Waals surface area contributed by atoms with Crippen LogP contribution in [-0.2, 0) is 17.9 Å². The summed E-state index contributed by atoms with van der Waals surface area (Å²) in [6.45, 7) is 6.73. The van der Waals surface area contributed by atoms with E-state index >= 15 is 0 Å². The Morgan fingerprint density at radius 3 is 2.44 bits per heavy atom. The molecule has 2 aromatic carbocycles. The second-order valence-corrected chi connectivity index (χ2v) is 8.72. The lowest BCUT2D eigenvalue weighted by Crippen LogP contribution is -2.37. The molecule has 1 aliphatic rings. The highest BCUT2D eigenvalue weighted by Crippen LogP contribution is 2.32. The topological polar surface area (TPSA) is 38.8 Å². The van der Waals surface area contributed by atoms with Gasteiger partial charge in [-0.25, -0.2) is 4.79 Å². The van der Waals surface area contributed by atoms with E-state index < -0.39 is 5.60 Å². The Morgan fingerprint density at radius 2 is 1.85 bits per heavy atom. The van der Waals surface area contributed by atoms with Crippen molar-refractivity contribution in [3.05, 3.63) is 64.1 Å². The van der Waals surface area contributed by atoms with Crippen molar-refractivity contribution in [2.24, 2.45) is 0 Å². The molecule has 5 heteroatoms. The molecule has 1 saturated carbocycles. The summed E-state index contributed by atoms with van der Waals surface area (Å²) in [5.41, 5.74) is 1.68. The van der Waals surface area contributed by atoms with Crippen molar-refractivity contribution >= 4 is 22.0 Å². The molecule has 1 amide bonds. The zero-order chi connectivity index (χ0) is 19.4. The second-order valence-electron chi connectivity index (χ2n) is 7.87. The summed E-state index contributed by atoms with van der Waals surface area (Å²) in [6.07, 6.45) is 1.82. The average Bonchev–Trinajstić information content (AvgIpc) is 3.43. The summed E-state index contributed by atoms with van der Waals surface area (Å²) in [5, 5.41) is 0. The van der Waals surface area contributed by atoms with Gasteiger partial charge in [0.1, 0.15) is 18.0 Å². The molecular formula is C22H26BrNO3. The minimum absolute atomic E-state index is 0.249. The summed E-state index contributed by atoms with van der Waals surface area (Å²) < 4.78 is 12.4. The van der Waals surface area contributed by atoms with Crippen LogP contribution in [0.5, 0.6) is 5.75 Å². The fraction of sp³-hybridized carbons (Fsp3) is 0.409. The Kier molecular flexibility index (Phi) is 6.10. The Hall–Kier alpha value is -2.01. The van der Waals surface area contributed by atoms with Gasteiger partial charge in [-0.05, 0) is 56.9 Å². The van der Waals surface area contributed by atoms with Crippen molar-refractivity contribution in [3.63, 3.8) is 0 Å². The quantitative estimate of drug-likeness (QED) is 0.568. The van der Waals surface area contributed by atoms with Gasteiger partial charge in [0.25, 0.3) is 0 Å². The number of hydrogen-bond donors (Lipinski definition) is 0. The van der Waals surface area contributed by atoms with Crippen molar-refractivity contribution in [3.8, 4) is 5.75 Å². The molecule has 3 rings (SSSR count). The molecule has 0 bridgehead atoms. The van der Waals surface area contributed by atoms with Gasteiger partial charge in [-0.1, -0.05) is 52.3 Å². The van der Waals surface area contributed by atoms with Crippen molar-refractivity contribution in [2.45, 2.75) is 58.4 Å². The van der Waals surface area contributed by atoms with Gasteiger partial charge in [-0.2, -0.15) is 0 Å². The molecule has 0 N–H and O–H groups in total. The fourth-order valence-electron chi connectivity index (χ4n) is 2.72. The number of rotatable bonds is 6. The first-order valence-corrected chi connectivity index (χ1v) is 10.1. The predicted octanol–water partition coefficient (Wildman–Crippen LogP) is 5.93. The zero-order valence-corrected chi connectivity index (χ0v) is 17.7. The van der Waals surface area contributed by atoms with Crippen molar-refractivity contribution in [1.29, 1.82) is 0 Å². The molecule has 1 aliphatic carbocycles. The van der Waals surface area contributed by atoms with Gasteiger partial charge in [0.2, 0.25) is 0 Å². The molecular weight excluding hydrogens is 406 g/mol. The lowest BCUT2D eigenvalue weighted by atomic mass is 10.2. The molecule has 2 aromatic rings. The number of ether oxygens (including phenoxy) is 2. The summed E-state index contributed by atoms with van der Waals surface area (Å²) in [5.74, 6) is 0.796. The number of benzene rings is 2. The predicted molar refractivity (Wildman–Crippen MR) is 110 cm³/mol. The fourth-order valence-corrected chi connectivity index (χ4v) is 3.20. The van der Waals surface area contributed by atoms with Crippen LogP contribution in [0.4, 0.5) is 4.79 Å². The molecule has 0 aliphatic heterocycles. The van der Waals surface area contributed by atoms with Gasteiger partial charge in [-0.3, -0.25) is 0 Å². The summed E-state index contributed by atoms with van der Waals surface area (Å²) >= 11 is 3.62.